The first-order chi connectivity index (χ1) is 10.0. The average molecular weight is 323 g/mol. The summed E-state index contributed by atoms with van der Waals surface area (Å²) >= 11 is 3.23. The summed E-state index contributed by atoms with van der Waals surface area (Å²) in [7, 11) is 3.90. The fourth-order valence-electron chi connectivity index (χ4n) is 1.66. The van der Waals surface area contributed by atoms with Crippen molar-refractivity contribution in [3.05, 3.63) is 34.9 Å². The first kappa shape index (κ1) is 15.6. The molecule has 8 heteroatoms. The molecule has 3 N–H and O–H groups in total. The van der Waals surface area contributed by atoms with Crippen LogP contribution in [0.3, 0.4) is 0 Å². The van der Waals surface area contributed by atoms with Crippen molar-refractivity contribution in [1.29, 1.82) is 0 Å². The molecular formula is C13H17N5OS2. The number of hydrogen-bond donors (Lipinski definition) is 2. The van der Waals surface area contributed by atoms with E-state index in [0.717, 1.165) is 26.4 Å². The predicted molar refractivity (Wildman–Crippen MR) is 87.5 cm³/mol. The van der Waals surface area contributed by atoms with Crippen LogP contribution in [-0.4, -0.2) is 35.3 Å². The number of benzene rings is 1. The van der Waals surface area contributed by atoms with Gasteiger partial charge in [0, 0.05) is 25.4 Å². The van der Waals surface area contributed by atoms with Gasteiger partial charge in [-0.1, -0.05) is 40.4 Å². The molecule has 0 saturated heterocycles. The number of nitrogens with zero attached hydrogens (tertiary/aromatic N) is 4. The lowest BCUT2D eigenvalue weighted by molar-refractivity contribution is 0.318. The monoisotopic (exact) mass is 323 g/mol. The molecule has 0 amide bonds. The van der Waals surface area contributed by atoms with Crippen LogP contribution >= 0.6 is 23.1 Å². The summed E-state index contributed by atoms with van der Waals surface area (Å²) in [5.41, 5.74) is 8.59. The number of hydrogen-bond acceptors (Lipinski definition) is 7. The Hall–Kier alpha value is -1.80. The van der Waals surface area contributed by atoms with Crippen LogP contribution in [0.15, 0.2) is 27.7 Å². The molecule has 1 aromatic heterocycles. The minimum atomic E-state index is 0.122. The van der Waals surface area contributed by atoms with E-state index in [1.165, 1.54) is 5.56 Å². The molecule has 21 heavy (non-hydrogen) atoms. The van der Waals surface area contributed by atoms with Crippen LogP contribution in [-0.2, 0) is 5.75 Å². The second-order valence-corrected chi connectivity index (χ2v) is 6.84. The third-order valence-corrected chi connectivity index (χ3v) is 5.15. The Morgan fingerprint density at radius 2 is 2.19 bits per heavy atom. The highest BCUT2D eigenvalue weighted by Gasteiger charge is 2.08. The fourth-order valence-corrected chi connectivity index (χ4v) is 3.50. The molecule has 0 spiro atoms. The number of aromatic nitrogens is 2. The van der Waals surface area contributed by atoms with E-state index in [4.69, 9.17) is 10.9 Å². The van der Waals surface area contributed by atoms with Crippen LogP contribution in [0.25, 0.3) is 0 Å². The van der Waals surface area contributed by atoms with E-state index < -0.39 is 0 Å². The van der Waals surface area contributed by atoms with Crippen LogP contribution in [0.2, 0.25) is 0 Å². The summed E-state index contributed by atoms with van der Waals surface area (Å²) in [4.78, 5) is 1.94. The molecule has 0 aliphatic carbocycles. The molecule has 0 radical (unpaired) electrons. The van der Waals surface area contributed by atoms with Crippen molar-refractivity contribution in [2.24, 2.45) is 10.9 Å². The molecule has 0 saturated carbocycles. The van der Waals surface area contributed by atoms with Gasteiger partial charge in [-0.3, -0.25) is 0 Å². The van der Waals surface area contributed by atoms with Crippen LogP contribution in [0.5, 0.6) is 0 Å². The van der Waals surface area contributed by atoms with Gasteiger partial charge in [-0.2, -0.15) is 0 Å². The standard InChI is InChI=1S/C13H17N5OS2/c1-8-6-9(11(14)17-19)4-5-10(8)7-20-13-16-15-12(21-13)18(2)3/h4-6,19H,7H2,1-3H3,(H2,14,17). The third-order valence-electron chi connectivity index (χ3n) is 2.88. The highest BCUT2D eigenvalue weighted by atomic mass is 32.2. The van der Waals surface area contributed by atoms with E-state index in [2.05, 4.69) is 15.4 Å². The quantitative estimate of drug-likeness (QED) is 0.289. The first-order valence-corrected chi connectivity index (χ1v) is 8.02. The molecule has 0 atom stereocenters. The second kappa shape index (κ2) is 6.77. The zero-order valence-electron chi connectivity index (χ0n) is 12.1. The molecule has 1 aromatic carbocycles. The lowest BCUT2D eigenvalue weighted by Crippen LogP contribution is -2.13. The molecular weight excluding hydrogens is 306 g/mol. The second-order valence-electron chi connectivity index (χ2n) is 4.66. The SMILES string of the molecule is Cc1cc(/C(N)=N/O)ccc1CSc1nnc(N(C)C)s1. The van der Waals surface area contributed by atoms with Crippen molar-refractivity contribution < 1.29 is 5.21 Å². The molecule has 0 fully saturated rings. The number of amidine groups is 1. The Morgan fingerprint density at radius 1 is 1.43 bits per heavy atom. The number of rotatable bonds is 5. The minimum Gasteiger partial charge on any atom is -0.409 e. The van der Waals surface area contributed by atoms with Gasteiger partial charge < -0.3 is 15.8 Å². The van der Waals surface area contributed by atoms with Crippen LogP contribution in [0.1, 0.15) is 16.7 Å². The number of anilines is 1. The Balaban J connectivity index is 2.06. The van der Waals surface area contributed by atoms with Gasteiger partial charge in [0.25, 0.3) is 0 Å². The number of aryl methyl sites for hydroxylation is 1. The number of nitrogens with two attached hydrogens (primary N) is 1. The molecule has 0 unspecified atom stereocenters. The predicted octanol–water partition coefficient (Wildman–Crippen LogP) is 2.30. The fraction of sp³-hybridized carbons (Fsp3) is 0.308. The zero-order chi connectivity index (χ0) is 15.4. The normalized spacial score (nSPS) is 11.7. The Bertz CT molecular complexity index is 654. The van der Waals surface area contributed by atoms with Gasteiger partial charge in [0.05, 0.1) is 0 Å². The van der Waals surface area contributed by atoms with E-state index in [1.54, 1.807) is 23.1 Å². The van der Waals surface area contributed by atoms with Crippen LogP contribution in [0, 0.1) is 6.92 Å². The number of thioether (sulfide) groups is 1. The highest BCUT2D eigenvalue weighted by Crippen LogP contribution is 2.30. The smallest absolute Gasteiger partial charge is 0.208 e. The summed E-state index contributed by atoms with van der Waals surface area (Å²) in [5, 5.41) is 20.9. The van der Waals surface area contributed by atoms with Gasteiger partial charge in [0.15, 0.2) is 10.2 Å². The highest BCUT2D eigenvalue weighted by molar-refractivity contribution is 8.00. The van der Waals surface area contributed by atoms with Gasteiger partial charge >= 0.3 is 0 Å². The van der Waals surface area contributed by atoms with Crippen molar-refractivity contribution in [3.63, 3.8) is 0 Å². The number of oxime groups is 1. The summed E-state index contributed by atoms with van der Waals surface area (Å²) in [6, 6.07) is 5.75. The molecule has 1 heterocycles. The van der Waals surface area contributed by atoms with E-state index in [1.807, 2.05) is 44.1 Å². The Kier molecular flexibility index (Phi) is 5.03. The molecule has 0 bridgehead atoms. The van der Waals surface area contributed by atoms with E-state index >= 15 is 0 Å². The molecule has 0 aliphatic heterocycles. The molecule has 2 rings (SSSR count). The molecule has 2 aromatic rings. The maximum absolute atomic E-state index is 8.69. The van der Waals surface area contributed by atoms with E-state index in [9.17, 15) is 0 Å². The average Bonchev–Trinajstić information content (AvgIpc) is 2.94. The summed E-state index contributed by atoms with van der Waals surface area (Å²) < 4.78 is 0.943. The third kappa shape index (κ3) is 3.85. The Labute approximate surface area is 131 Å². The van der Waals surface area contributed by atoms with Crippen molar-refractivity contribution in [2.45, 2.75) is 17.0 Å². The first-order valence-electron chi connectivity index (χ1n) is 6.22. The van der Waals surface area contributed by atoms with Crippen molar-refractivity contribution in [3.8, 4) is 0 Å². The lowest BCUT2D eigenvalue weighted by Gasteiger charge is -2.07. The molecule has 6 nitrogen and oxygen atoms in total. The van der Waals surface area contributed by atoms with Crippen molar-refractivity contribution >= 4 is 34.1 Å². The van der Waals surface area contributed by atoms with E-state index in [-0.39, 0.29) is 5.84 Å². The summed E-state index contributed by atoms with van der Waals surface area (Å²) in [6.07, 6.45) is 0. The van der Waals surface area contributed by atoms with Gasteiger partial charge in [-0.15, -0.1) is 10.2 Å². The lowest BCUT2D eigenvalue weighted by atomic mass is 10.1. The molecule has 112 valence electrons. The summed E-state index contributed by atoms with van der Waals surface area (Å²) in [5.74, 6) is 0.932. The van der Waals surface area contributed by atoms with E-state index in [0.29, 0.717) is 0 Å². The largest absolute Gasteiger partial charge is 0.409 e. The van der Waals surface area contributed by atoms with Crippen LogP contribution in [0.4, 0.5) is 5.13 Å². The minimum absolute atomic E-state index is 0.122. The molecule has 0 aliphatic rings. The Morgan fingerprint density at radius 3 is 2.76 bits per heavy atom. The topological polar surface area (TPSA) is 87.6 Å². The van der Waals surface area contributed by atoms with Crippen molar-refractivity contribution in [1.82, 2.24) is 10.2 Å². The van der Waals surface area contributed by atoms with Gasteiger partial charge in [0.1, 0.15) is 0 Å². The van der Waals surface area contributed by atoms with Gasteiger partial charge in [-0.25, -0.2) is 0 Å². The zero-order valence-corrected chi connectivity index (χ0v) is 13.7. The van der Waals surface area contributed by atoms with Gasteiger partial charge in [0.2, 0.25) is 5.13 Å². The maximum Gasteiger partial charge on any atom is 0.208 e. The van der Waals surface area contributed by atoms with Crippen molar-refractivity contribution in [2.75, 3.05) is 19.0 Å². The van der Waals surface area contributed by atoms with Crippen LogP contribution < -0.4 is 10.6 Å². The maximum atomic E-state index is 8.69. The van der Waals surface area contributed by atoms with Gasteiger partial charge in [-0.05, 0) is 24.1 Å². The summed E-state index contributed by atoms with van der Waals surface area (Å²) in [6.45, 7) is 2.01.